The van der Waals surface area contributed by atoms with E-state index in [2.05, 4.69) is 20.9 Å². The van der Waals surface area contributed by atoms with Gasteiger partial charge < -0.3 is 9.73 Å². The molecule has 0 radical (unpaired) electrons. The fourth-order valence-corrected chi connectivity index (χ4v) is 4.99. The van der Waals surface area contributed by atoms with Crippen LogP contribution in [0.2, 0.25) is 0 Å². The molecule has 1 spiro atoms. The molecule has 1 aliphatic carbocycles. The first-order valence-electron chi connectivity index (χ1n) is 10.7. The summed E-state index contributed by atoms with van der Waals surface area (Å²) < 4.78 is 7.28. The number of hydrogen-bond acceptors (Lipinski definition) is 7. The smallest absolute Gasteiger partial charge is 0.344 e. The Hall–Kier alpha value is -3.60. The summed E-state index contributed by atoms with van der Waals surface area (Å²) in [7, 11) is 0. The average molecular weight is 467 g/mol. The molecule has 2 aliphatic rings. The Bertz CT molecular complexity index is 1170. The van der Waals surface area contributed by atoms with Crippen molar-refractivity contribution in [1.82, 2.24) is 30.5 Å². The monoisotopic (exact) mass is 466 g/mol. The zero-order valence-electron chi connectivity index (χ0n) is 17.7. The molecule has 1 saturated heterocycles. The normalized spacial score (nSPS) is 17.4. The number of para-hydroxylation sites is 1. The quantitative estimate of drug-likeness (QED) is 0.423. The summed E-state index contributed by atoms with van der Waals surface area (Å²) in [6, 6.07) is 12.4. The number of rotatable bonds is 6. The Balaban J connectivity index is 1.30. The summed E-state index contributed by atoms with van der Waals surface area (Å²) in [5, 5.41) is 12.5. The minimum atomic E-state index is -0.888. The van der Waals surface area contributed by atoms with Gasteiger partial charge in [-0.3, -0.25) is 19.6 Å². The van der Waals surface area contributed by atoms with Gasteiger partial charge in [0.05, 0.1) is 12.0 Å². The Kier molecular flexibility index (Phi) is 5.63. The third kappa shape index (κ3) is 3.99. The Labute approximate surface area is 193 Å². The molecular formula is C22H22N6O4S. The fraction of sp³-hybridized carbons (Fsp3) is 0.318. The second-order valence-corrected chi connectivity index (χ2v) is 8.93. The third-order valence-electron chi connectivity index (χ3n) is 5.83. The summed E-state index contributed by atoms with van der Waals surface area (Å²) in [5.74, 6) is 0.103. The molecule has 2 N–H and O–H groups in total. The lowest BCUT2D eigenvalue weighted by atomic mass is 9.82. The van der Waals surface area contributed by atoms with Crippen molar-refractivity contribution in [2.75, 3.05) is 5.75 Å². The van der Waals surface area contributed by atoms with Gasteiger partial charge in [-0.05, 0) is 37.1 Å². The second kappa shape index (κ2) is 8.74. The number of aromatic nitrogens is 3. The molecule has 33 heavy (non-hydrogen) atoms. The number of carbonyl (C=O) groups is 3. The zero-order valence-corrected chi connectivity index (χ0v) is 18.5. The number of amides is 4. The van der Waals surface area contributed by atoms with Crippen molar-refractivity contribution >= 4 is 29.6 Å². The Morgan fingerprint density at radius 3 is 2.61 bits per heavy atom. The highest BCUT2D eigenvalue weighted by molar-refractivity contribution is 7.99. The van der Waals surface area contributed by atoms with E-state index in [4.69, 9.17) is 4.42 Å². The second-order valence-electron chi connectivity index (χ2n) is 7.99. The maximum Gasteiger partial charge on any atom is 0.344 e. The molecule has 1 saturated carbocycles. The predicted molar refractivity (Wildman–Crippen MR) is 119 cm³/mol. The van der Waals surface area contributed by atoms with Crippen LogP contribution in [0.15, 0.2) is 58.3 Å². The van der Waals surface area contributed by atoms with Crippen LogP contribution in [0.5, 0.6) is 0 Å². The van der Waals surface area contributed by atoms with E-state index >= 15 is 0 Å². The lowest BCUT2D eigenvalue weighted by Gasteiger charge is -2.30. The molecule has 4 amide bonds. The van der Waals surface area contributed by atoms with Crippen LogP contribution in [0, 0.1) is 0 Å². The van der Waals surface area contributed by atoms with Crippen molar-refractivity contribution < 1.29 is 18.8 Å². The molecule has 0 bridgehead atoms. The van der Waals surface area contributed by atoms with Gasteiger partial charge in [-0.15, -0.1) is 10.2 Å². The van der Waals surface area contributed by atoms with Gasteiger partial charge in [0.1, 0.15) is 5.54 Å². The molecule has 3 heterocycles. The number of furan rings is 1. The summed E-state index contributed by atoms with van der Waals surface area (Å²) in [4.78, 5) is 37.9. The van der Waals surface area contributed by atoms with Gasteiger partial charge in [-0.2, -0.15) is 5.01 Å². The Morgan fingerprint density at radius 1 is 1.09 bits per heavy atom. The minimum absolute atomic E-state index is 0.0623. The highest BCUT2D eigenvalue weighted by Gasteiger charge is 2.52. The van der Waals surface area contributed by atoms with Crippen molar-refractivity contribution in [2.45, 2.75) is 42.8 Å². The van der Waals surface area contributed by atoms with Gasteiger partial charge in [0, 0.05) is 5.69 Å². The van der Waals surface area contributed by atoms with Crippen LogP contribution in [0.3, 0.4) is 0 Å². The highest BCUT2D eigenvalue weighted by Crippen LogP contribution is 2.33. The number of carbonyl (C=O) groups excluding carboxylic acids is 3. The van der Waals surface area contributed by atoms with Gasteiger partial charge >= 0.3 is 6.03 Å². The molecule has 3 aromatic rings. The third-order valence-corrected chi connectivity index (χ3v) is 6.76. The Morgan fingerprint density at radius 2 is 1.88 bits per heavy atom. The summed E-state index contributed by atoms with van der Waals surface area (Å²) in [5.41, 5.74) is 2.37. The standard InChI is InChI=1S/C22H22N6O4S/c29-17(26-28-19(30)22(23-20(28)31)11-5-2-6-12-22)14-33-21-25-24-18(16-10-7-13-32-16)27(21)15-8-3-1-4-9-15/h1,3-4,7-10,13H,2,5-6,11-12,14H2,(H,23,31)(H,26,29). The van der Waals surface area contributed by atoms with Gasteiger partial charge in [0.25, 0.3) is 5.91 Å². The number of nitrogens with one attached hydrogen (secondary N) is 2. The number of thioether (sulfide) groups is 1. The van der Waals surface area contributed by atoms with Crippen molar-refractivity contribution in [2.24, 2.45) is 0 Å². The van der Waals surface area contributed by atoms with Crippen LogP contribution < -0.4 is 10.7 Å². The molecule has 170 valence electrons. The fourth-order valence-electron chi connectivity index (χ4n) is 4.24. The molecule has 0 unspecified atom stereocenters. The minimum Gasteiger partial charge on any atom is -0.461 e. The van der Waals surface area contributed by atoms with E-state index in [0.29, 0.717) is 29.6 Å². The number of hydrogen-bond donors (Lipinski definition) is 2. The number of benzene rings is 1. The first kappa shape index (κ1) is 21.3. The maximum atomic E-state index is 12.9. The molecule has 5 rings (SSSR count). The summed E-state index contributed by atoms with van der Waals surface area (Å²) in [6.45, 7) is 0. The first-order valence-corrected chi connectivity index (χ1v) is 11.7. The number of imide groups is 1. The lowest BCUT2D eigenvalue weighted by molar-refractivity contribution is -0.139. The van der Waals surface area contributed by atoms with E-state index < -0.39 is 23.4 Å². The number of urea groups is 1. The van der Waals surface area contributed by atoms with E-state index in [1.807, 2.05) is 30.3 Å². The molecule has 0 atom stereocenters. The zero-order chi connectivity index (χ0) is 22.8. The molecule has 10 nitrogen and oxygen atoms in total. The molecule has 2 fully saturated rings. The van der Waals surface area contributed by atoms with E-state index in [9.17, 15) is 14.4 Å². The van der Waals surface area contributed by atoms with Crippen LogP contribution in [-0.2, 0) is 9.59 Å². The number of hydrazine groups is 1. The van der Waals surface area contributed by atoms with Gasteiger partial charge in [0.15, 0.2) is 10.9 Å². The van der Waals surface area contributed by atoms with Gasteiger partial charge in [-0.1, -0.05) is 49.2 Å². The van der Waals surface area contributed by atoms with Crippen molar-refractivity contribution in [1.29, 1.82) is 0 Å². The van der Waals surface area contributed by atoms with Crippen molar-refractivity contribution in [3.05, 3.63) is 48.7 Å². The summed E-state index contributed by atoms with van der Waals surface area (Å²) in [6.07, 6.45) is 5.52. The van der Waals surface area contributed by atoms with E-state index in [1.54, 1.807) is 23.0 Å². The largest absolute Gasteiger partial charge is 0.461 e. The van der Waals surface area contributed by atoms with E-state index in [0.717, 1.165) is 41.7 Å². The van der Waals surface area contributed by atoms with Crippen LogP contribution >= 0.6 is 11.8 Å². The van der Waals surface area contributed by atoms with Crippen molar-refractivity contribution in [3.8, 4) is 17.3 Å². The highest BCUT2D eigenvalue weighted by atomic mass is 32.2. The molecule has 1 aliphatic heterocycles. The molecule has 1 aromatic carbocycles. The van der Waals surface area contributed by atoms with Crippen LogP contribution in [0.25, 0.3) is 17.3 Å². The first-order chi connectivity index (χ1) is 16.1. The van der Waals surface area contributed by atoms with Crippen LogP contribution in [0.4, 0.5) is 4.79 Å². The average Bonchev–Trinajstić information content (AvgIpc) is 3.55. The van der Waals surface area contributed by atoms with E-state index in [-0.39, 0.29) is 5.75 Å². The maximum absolute atomic E-state index is 12.9. The predicted octanol–water partition coefficient (Wildman–Crippen LogP) is 2.91. The topological polar surface area (TPSA) is 122 Å². The van der Waals surface area contributed by atoms with E-state index in [1.165, 1.54) is 0 Å². The SMILES string of the molecule is O=C(CSc1nnc(-c2ccco2)n1-c1ccccc1)NN1C(=O)NC2(CCCCC2)C1=O. The molecular weight excluding hydrogens is 444 g/mol. The van der Waals surface area contributed by atoms with Gasteiger partial charge in [0.2, 0.25) is 11.7 Å². The van der Waals surface area contributed by atoms with Crippen LogP contribution in [0.1, 0.15) is 32.1 Å². The lowest BCUT2D eigenvalue weighted by Crippen LogP contribution is -2.51. The molecule has 2 aromatic heterocycles. The molecule has 11 heteroatoms. The van der Waals surface area contributed by atoms with Crippen molar-refractivity contribution in [3.63, 3.8) is 0 Å². The van der Waals surface area contributed by atoms with Crippen LogP contribution in [-0.4, -0.2) is 48.9 Å². The van der Waals surface area contributed by atoms with Gasteiger partial charge in [-0.25, -0.2) is 4.79 Å². The summed E-state index contributed by atoms with van der Waals surface area (Å²) >= 11 is 1.15. The number of nitrogens with zero attached hydrogens (tertiary/aromatic N) is 4.